The maximum atomic E-state index is 13.1. The summed E-state index contributed by atoms with van der Waals surface area (Å²) < 4.78 is 44.5. The van der Waals surface area contributed by atoms with E-state index in [1.54, 1.807) is 44.2 Å². The van der Waals surface area contributed by atoms with Crippen molar-refractivity contribution in [1.29, 1.82) is 0 Å². The molecule has 0 atom stereocenters. The van der Waals surface area contributed by atoms with Gasteiger partial charge in [0.1, 0.15) is 11.3 Å². The summed E-state index contributed by atoms with van der Waals surface area (Å²) in [6, 6.07) is 9.38. The number of benzene rings is 1. The van der Waals surface area contributed by atoms with E-state index in [2.05, 4.69) is 4.98 Å². The average molecular weight is 281 g/mol. The second kappa shape index (κ2) is 5.53. The van der Waals surface area contributed by atoms with Crippen molar-refractivity contribution < 1.29 is 17.9 Å². The van der Waals surface area contributed by atoms with Crippen LogP contribution in [0.1, 0.15) is 31.0 Å². The standard InChI is InChI=1S/C15H14F3NO/c1-10(2)13-8-12(15(16,17)18)14(9-19-13)20-11-6-4-3-5-7-11/h3-10H,1-2H3. The molecule has 106 valence electrons. The lowest BCUT2D eigenvalue weighted by Crippen LogP contribution is -2.09. The fourth-order valence-electron chi connectivity index (χ4n) is 1.69. The zero-order valence-electron chi connectivity index (χ0n) is 11.1. The quantitative estimate of drug-likeness (QED) is 0.788. The Bertz CT molecular complexity index is 579. The summed E-state index contributed by atoms with van der Waals surface area (Å²) in [4.78, 5) is 4.02. The third-order valence-electron chi connectivity index (χ3n) is 2.76. The summed E-state index contributed by atoms with van der Waals surface area (Å²) in [7, 11) is 0. The molecule has 0 saturated carbocycles. The molecule has 0 amide bonds. The van der Waals surface area contributed by atoms with Crippen molar-refractivity contribution in [2.45, 2.75) is 25.9 Å². The monoisotopic (exact) mass is 281 g/mol. The molecule has 0 saturated heterocycles. The van der Waals surface area contributed by atoms with Crippen LogP contribution in [0.5, 0.6) is 11.5 Å². The predicted molar refractivity (Wildman–Crippen MR) is 69.8 cm³/mol. The molecular weight excluding hydrogens is 267 g/mol. The number of hydrogen-bond acceptors (Lipinski definition) is 2. The number of rotatable bonds is 3. The van der Waals surface area contributed by atoms with Crippen molar-refractivity contribution in [3.8, 4) is 11.5 Å². The molecule has 0 radical (unpaired) electrons. The highest BCUT2D eigenvalue weighted by molar-refractivity contribution is 5.39. The van der Waals surface area contributed by atoms with Gasteiger partial charge in [0.2, 0.25) is 0 Å². The molecule has 1 aromatic carbocycles. The highest BCUT2D eigenvalue weighted by Gasteiger charge is 2.35. The number of nitrogens with zero attached hydrogens (tertiary/aromatic N) is 1. The highest BCUT2D eigenvalue weighted by Crippen LogP contribution is 2.38. The highest BCUT2D eigenvalue weighted by atomic mass is 19.4. The number of pyridine rings is 1. The molecule has 0 N–H and O–H groups in total. The Morgan fingerprint density at radius 2 is 1.75 bits per heavy atom. The van der Waals surface area contributed by atoms with Crippen molar-refractivity contribution in [3.63, 3.8) is 0 Å². The third-order valence-corrected chi connectivity index (χ3v) is 2.76. The molecule has 1 heterocycles. The zero-order chi connectivity index (χ0) is 14.8. The molecular formula is C15H14F3NO. The van der Waals surface area contributed by atoms with Crippen LogP contribution >= 0.6 is 0 Å². The summed E-state index contributed by atoms with van der Waals surface area (Å²) in [5.74, 6) is -0.0212. The first-order valence-electron chi connectivity index (χ1n) is 6.18. The Morgan fingerprint density at radius 1 is 1.10 bits per heavy atom. The first-order valence-corrected chi connectivity index (χ1v) is 6.18. The fourth-order valence-corrected chi connectivity index (χ4v) is 1.69. The Kier molecular flexibility index (Phi) is 3.97. The summed E-state index contributed by atoms with van der Waals surface area (Å²) in [6.07, 6.45) is -3.35. The smallest absolute Gasteiger partial charge is 0.420 e. The van der Waals surface area contributed by atoms with Crippen LogP contribution in [0, 0.1) is 0 Å². The van der Waals surface area contributed by atoms with E-state index in [9.17, 15) is 13.2 Å². The van der Waals surface area contributed by atoms with Crippen molar-refractivity contribution in [3.05, 3.63) is 53.9 Å². The molecule has 0 fully saturated rings. The van der Waals surface area contributed by atoms with E-state index in [1.807, 2.05) is 0 Å². The molecule has 0 unspecified atom stereocenters. The van der Waals surface area contributed by atoms with E-state index in [4.69, 9.17) is 4.74 Å². The van der Waals surface area contributed by atoms with Gasteiger partial charge in [-0.15, -0.1) is 0 Å². The molecule has 0 aliphatic rings. The van der Waals surface area contributed by atoms with Gasteiger partial charge < -0.3 is 4.74 Å². The number of halogens is 3. The summed E-state index contributed by atoms with van der Waals surface area (Å²) in [5.41, 5.74) is -0.419. The van der Waals surface area contributed by atoms with Crippen LogP contribution in [0.4, 0.5) is 13.2 Å². The minimum absolute atomic E-state index is 0.0816. The lowest BCUT2D eigenvalue weighted by atomic mass is 10.1. The first-order chi connectivity index (χ1) is 9.38. The van der Waals surface area contributed by atoms with Crippen molar-refractivity contribution in [1.82, 2.24) is 4.98 Å². The number of alkyl halides is 3. The topological polar surface area (TPSA) is 22.1 Å². The minimum atomic E-state index is -4.48. The lowest BCUT2D eigenvalue weighted by Gasteiger charge is -2.15. The SMILES string of the molecule is CC(C)c1cc(C(F)(F)F)c(Oc2ccccc2)cn1. The van der Waals surface area contributed by atoms with E-state index >= 15 is 0 Å². The number of ether oxygens (including phenoxy) is 1. The van der Waals surface area contributed by atoms with Gasteiger partial charge in [-0.1, -0.05) is 32.0 Å². The third kappa shape index (κ3) is 3.29. The molecule has 0 bridgehead atoms. The van der Waals surface area contributed by atoms with Crippen LogP contribution < -0.4 is 4.74 Å². The van der Waals surface area contributed by atoms with Gasteiger partial charge in [-0.05, 0) is 24.1 Å². The number of aromatic nitrogens is 1. The van der Waals surface area contributed by atoms with Crippen molar-refractivity contribution in [2.24, 2.45) is 0 Å². The van der Waals surface area contributed by atoms with Crippen LogP contribution in [-0.4, -0.2) is 4.98 Å². The van der Waals surface area contributed by atoms with E-state index in [-0.39, 0.29) is 11.7 Å². The molecule has 1 aromatic heterocycles. The lowest BCUT2D eigenvalue weighted by molar-refractivity contribution is -0.138. The summed E-state index contributed by atoms with van der Waals surface area (Å²) in [6.45, 7) is 3.58. The van der Waals surface area contributed by atoms with Crippen LogP contribution in [0.15, 0.2) is 42.6 Å². The van der Waals surface area contributed by atoms with Gasteiger partial charge in [-0.25, -0.2) is 0 Å². The van der Waals surface area contributed by atoms with Gasteiger partial charge in [-0.2, -0.15) is 13.2 Å². The van der Waals surface area contributed by atoms with Crippen LogP contribution in [0.2, 0.25) is 0 Å². The molecule has 5 heteroatoms. The molecule has 20 heavy (non-hydrogen) atoms. The van der Waals surface area contributed by atoms with Gasteiger partial charge in [-0.3, -0.25) is 4.98 Å². The van der Waals surface area contributed by atoms with E-state index < -0.39 is 11.7 Å². The van der Waals surface area contributed by atoms with Gasteiger partial charge in [0.25, 0.3) is 0 Å². The molecule has 0 aliphatic heterocycles. The van der Waals surface area contributed by atoms with E-state index in [0.29, 0.717) is 11.4 Å². The van der Waals surface area contributed by atoms with Gasteiger partial charge >= 0.3 is 6.18 Å². The summed E-state index contributed by atoms with van der Waals surface area (Å²) in [5, 5.41) is 0. The Balaban J connectivity index is 2.42. The zero-order valence-corrected chi connectivity index (χ0v) is 11.1. The van der Waals surface area contributed by atoms with Gasteiger partial charge in [0.15, 0.2) is 5.75 Å². The second-order valence-corrected chi connectivity index (χ2v) is 4.67. The number of para-hydroxylation sites is 1. The Hall–Kier alpha value is -2.04. The molecule has 0 aliphatic carbocycles. The average Bonchev–Trinajstić information content (AvgIpc) is 2.39. The van der Waals surface area contributed by atoms with Crippen LogP contribution in [0.25, 0.3) is 0 Å². The Morgan fingerprint density at radius 3 is 2.30 bits per heavy atom. The molecule has 2 rings (SSSR count). The predicted octanol–water partition coefficient (Wildman–Crippen LogP) is 5.02. The van der Waals surface area contributed by atoms with E-state index in [0.717, 1.165) is 12.3 Å². The maximum Gasteiger partial charge on any atom is 0.420 e. The van der Waals surface area contributed by atoms with Crippen molar-refractivity contribution in [2.75, 3.05) is 0 Å². The van der Waals surface area contributed by atoms with Gasteiger partial charge in [0, 0.05) is 5.69 Å². The normalized spacial score (nSPS) is 11.7. The van der Waals surface area contributed by atoms with Crippen molar-refractivity contribution >= 4 is 0 Å². The fraction of sp³-hybridized carbons (Fsp3) is 0.267. The summed E-state index contributed by atoms with van der Waals surface area (Å²) >= 11 is 0. The van der Waals surface area contributed by atoms with Crippen LogP contribution in [-0.2, 0) is 6.18 Å². The second-order valence-electron chi connectivity index (χ2n) is 4.67. The number of hydrogen-bond donors (Lipinski definition) is 0. The van der Waals surface area contributed by atoms with E-state index in [1.165, 1.54) is 0 Å². The van der Waals surface area contributed by atoms with Crippen LogP contribution in [0.3, 0.4) is 0 Å². The maximum absolute atomic E-state index is 13.1. The molecule has 2 aromatic rings. The molecule has 0 spiro atoms. The Labute approximate surface area is 115 Å². The largest absolute Gasteiger partial charge is 0.455 e. The van der Waals surface area contributed by atoms with Gasteiger partial charge in [0.05, 0.1) is 6.20 Å². The molecule has 2 nitrogen and oxygen atoms in total. The first kappa shape index (κ1) is 14.4. The minimum Gasteiger partial charge on any atom is -0.455 e.